The van der Waals surface area contributed by atoms with Gasteiger partial charge in [0.15, 0.2) is 0 Å². The molecule has 196 valence electrons. The summed E-state index contributed by atoms with van der Waals surface area (Å²) >= 11 is 12.2. The summed E-state index contributed by atoms with van der Waals surface area (Å²) in [6.45, 7) is 1.53. The van der Waals surface area contributed by atoms with Crippen molar-refractivity contribution >= 4 is 50.7 Å². The summed E-state index contributed by atoms with van der Waals surface area (Å²) in [7, 11) is -3.86. The van der Waals surface area contributed by atoms with Crippen LogP contribution in [0.2, 0.25) is 10.0 Å². The number of sulfonamides is 1. The van der Waals surface area contributed by atoms with Crippen LogP contribution in [-0.4, -0.2) is 50.0 Å². The van der Waals surface area contributed by atoms with E-state index in [0.717, 1.165) is 48.2 Å². The molecule has 2 amide bonds. The lowest BCUT2D eigenvalue weighted by molar-refractivity contribution is -0.140. The molecule has 7 nitrogen and oxygen atoms in total. The van der Waals surface area contributed by atoms with Crippen LogP contribution < -0.4 is 9.62 Å². The van der Waals surface area contributed by atoms with E-state index in [-0.39, 0.29) is 34.2 Å². The average Bonchev–Trinajstić information content (AvgIpc) is 2.82. The first-order valence-corrected chi connectivity index (χ1v) is 14.8. The summed E-state index contributed by atoms with van der Waals surface area (Å²) in [4.78, 5) is 28.5. The van der Waals surface area contributed by atoms with Gasteiger partial charge >= 0.3 is 0 Å². The van der Waals surface area contributed by atoms with E-state index < -0.39 is 28.5 Å². The van der Waals surface area contributed by atoms with Crippen molar-refractivity contribution in [1.29, 1.82) is 0 Å². The van der Waals surface area contributed by atoms with Crippen LogP contribution in [0.1, 0.15) is 51.0 Å². The van der Waals surface area contributed by atoms with Crippen molar-refractivity contribution in [2.24, 2.45) is 0 Å². The second-order valence-electron chi connectivity index (χ2n) is 9.17. The molecule has 2 aromatic rings. The van der Waals surface area contributed by atoms with Crippen molar-refractivity contribution in [3.05, 3.63) is 64.1 Å². The van der Waals surface area contributed by atoms with E-state index >= 15 is 0 Å². The topological polar surface area (TPSA) is 86.8 Å². The van der Waals surface area contributed by atoms with E-state index in [0.29, 0.717) is 6.42 Å². The minimum Gasteiger partial charge on any atom is -0.352 e. The molecule has 0 radical (unpaired) electrons. The fourth-order valence-corrected chi connectivity index (χ4v) is 5.89. The van der Waals surface area contributed by atoms with Gasteiger partial charge in [-0.15, -0.1) is 0 Å². The molecule has 0 bridgehead atoms. The van der Waals surface area contributed by atoms with Crippen LogP contribution in [0, 0.1) is 0 Å². The zero-order valence-electron chi connectivity index (χ0n) is 20.6. The normalized spacial score (nSPS) is 15.2. The Morgan fingerprint density at radius 1 is 1.03 bits per heavy atom. The van der Waals surface area contributed by atoms with E-state index in [1.807, 2.05) is 37.3 Å². The molecule has 36 heavy (non-hydrogen) atoms. The molecular weight excluding hydrogens is 521 g/mol. The highest BCUT2D eigenvalue weighted by molar-refractivity contribution is 7.92. The van der Waals surface area contributed by atoms with Gasteiger partial charge in [0.2, 0.25) is 21.8 Å². The van der Waals surface area contributed by atoms with Crippen LogP contribution in [0.4, 0.5) is 5.69 Å². The fourth-order valence-electron chi connectivity index (χ4n) is 4.54. The Morgan fingerprint density at radius 3 is 2.19 bits per heavy atom. The molecule has 1 aliphatic rings. The standard InChI is InChI=1S/C26H33Cl2N3O4S/c1-3-24(26(33)29-22-12-8-5-9-13-22)30(17-19-10-6-4-7-11-19)25(32)18-31(36(2,34)35)23-15-20(27)14-21(28)16-23/h4,6-7,10-11,14-16,22,24H,3,5,8-9,12-13,17-18H2,1-2H3,(H,29,33). The third-order valence-electron chi connectivity index (χ3n) is 6.35. The van der Waals surface area contributed by atoms with Gasteiger partial charge in [-0.25, -0.2) is 8.42 Å². The number of hydrogen-bond acceptors (Lipinski definition) is 4. The quantitative estimate of drug-likeness (QED) is 0.447. The second-order valence-corrected chi connectivity index (χ2v) is 12.0. The van der Waals surface area contributed by atoms with E-state index in [4.69, 9.17) is 23.2 Å². The monoisotopic (exact) mass is 553 g/mol. The lowest BCUT2D eigenvalue weighted by Crippen LogP contribution is -2.53. The zero-order chi connectivity index (χ0) is 26.3. The molecule has 1 N–H and O–H groups in total. The van der Waals surface area contributed by atoms with Crippen molar-refractivity contribution < 1.29 is 18.0 Å². The van der Waals surface area contributed by atoms with Crippen LogP contribution in [-0.2, 0) is 26.2 Å². The van der Waals surface area contributed by atoms with Gasteiger partial charge in [-0.05, 0) is 43.0 Å². The van der Waals surface area contributed by atoms with E-state index in [9.17, 15) is 18.0 Å². The highest BCUT2D eigenvalue weighted by Crippen LogP contribution is 2.27. The molecule has 1 aliphatic carbocycles. The Kier molecular flexibility index (Phi) is 10.0. The van der Waals surface area contributed by atoms with Gasteiger partial charge in [-0.3, -0.25) is 13.9 Å². The Labute approximate surface area is 223 Å². The van der Waals surface area contributed by atoms with Crippen molar-refractivity contribution in [1.82, 2.24) is 10.2 Å². The van der Waals surface area contributed by atoms with Crippen molar-refractivity contribution in [2.45, 2.75) is 64.1 Å². The smallest absolute Gasteiger partial charge is 0.244 e. The molecule has 1 saturated carbocycles. The number of anilines is 1. The van der Waals surface area contributed by atoms with Gasteiger partial charge in [0, 0.05) is 22.6 Å². The molecule has 0 spiro atoms. The van der Waals surface area contributed by atoms with Crippen LogP contribution in [0.5, 0.6) is 0 Å². The number of carbonyl (C=O) groups excluding carboxylic acids is 2. The predicted molar refractivity (Wildman–Crippen MR) is 145 cm³/mol. The zero-order valence-corrected chi connectivity index (χ0v) is 23.0. The molecule has 0 saturated heterocycles. The third kappa shape index (κ3) is 7.85. The molecule has 1 atom stereocenters. The van der Waals surface area contributed by atoms with Crippen LogP contribution in [0.25, 0.3) is 0 Å². The molecule has 0 heterocycles. The van der Waals surface area contributed by atoms with Crippen molar-refractivity contribution in [2.75, 3.05) is 17.1 Å². The van der Waals surface area contributed by atoms with E-state index in [1.165, 1.54) is 23.1 Å². The third-order valence-corrected chi connectivity index (χ3v) is 7.92. The highest BCUT2D eigenvalue weighted by Gasteiger charge is 2.33. The van der Waals surface area contributed by atoms with Gasteiger partial charge in [-0.1, -0.05) is 79.7 Å². The highest BCUT2D eigenvalue weighted by atomic mass is 35.5. The first-order chi connectivity index (χ1) is 17.1. The van der Waals surface area contributed by atoms with Gasteiger partial charge < -0.3 is 10.2 Å². The van der Waals surface area contributed by atoms with Gasteiger partial charge in [0.05, 0.1) is 11.9 Å². The summed E-state index contributed by atoms with van der Waals surface area (Å²) in [6.07, 6.45) is 6.55. The van der Waals surface area contributed by atoms with Crippen molar-refractivity contribution in [3.63, 3.8) is 0 Å². The average molecular weight is 555 g/mol. The molecule has 1 unspecified atom stereocenters. The molecular formula is C26H33Cl2N3O4S. The Morgan fingerprint density at radius 2 is 1.64 bits per heavy atom. The number of benzene rings is 2. The number of halogens is 2. The van der Waals surface area contributed by atoms with Crippen LogP contribution in [0.3, 0.4) is 0 Å². The van der Waals surface area contributed by atoms with E-state index in [1.54, 1.807) is 0 Å². The maximum atomic E-state index is 13.7. The SMILES string of the molecule is CCC(C(=O)NC1CCCCC1)N(Cc1ccccc1)C(=O)CN(c1cc(Cl)cc(Cl)c1)S(C)(=O)=O. The maximum absolute atomic E-state index is 13.7. The van der Waals surface area contributed by atoms with Gasteiger partial charge in [-0.2, -0.15) is 0 Å². The number of hydrogen-bond donors (Lipinski definition) is 1. The van der Waals surface area contributed by atoms with Crippen LogP contribution >= 0.6 is 23.2 Å². The summed E-state index contributed by atoms with van der Waals surface area (Å²) in [5.41, 5.74) is 1.02. The Hall–Kier alpha value is -2.29. The lowest BCUT2D eigenvalue weighted by Gasteiger charge is -2.34. The summed E-state index contributed by atoms with van der Waals surface area (Å²) in [6, 6.07) is 13.0. The number of amides is 2. The summed E-state index contributed by atoms with van der Waals surface area (Å²) in [5.74, 6) is -0.712. The summed E-state index contributed by atoms with van der Waals surface area (Å²) < 4.78 is 26.4. The van der Waals surface area contributed by atoms with Crippen molar-refractivity contribution in [3.8, 4) is 0 Å². The number of carbonyl (C=O) groups is 2. The minimum absolute atomic E-state index is 0.0927. The van der Waals surface area contributed by atoms with Crippen LogP contribution in [0.15, 0.2) is 48.5 Å². The largest absolute Gasteiger partial charge is 0.352 e. The molecule has 0 aromatic heterocycles. The predicted octanol–water partition coefficient (Wildman–Crippen LogP) is 5.02. The number of rotatable bonds is 10. The molecule has 10 heteroatoms. The lowest BCUT2D eigenvalue weighted by atomic mass is 9.95. The van der Waals surface area contributed by atoms with E-state index in [2.05, 4.69) is 5.32 Å². The first-order valence-electron chi connectivity index (χ1n) is 12.2. The Bertz CT molecular complexity index is 1130. The molecule has 2 aromatic carbocycles. The molecule has 0 aliphatic heterocycles. The van der Waals surface area contributed by atoms with Gasteiger partial charge in [0.1, 0.15) is 12.6 Å². The minimum atomic E-state index is -3.86. The van der Waals surface area contributed by atoms with Gasteiger partial charge in [0.25, 0.3) is 0 Å². The fraction of sp³-hybridized carbons (Fsp3) is 0.462. The Balaban J connectivity index is 1.91. The number of nitrogens with one attached hydrogen (secondary N) is 1. The number of nitrogens with zero attached hydrogens (tertiary/aromatic N) is 2. The maximum Gasteiger partial charge on any atom is 0.244 e. The molecule has 1 fully saturated rings. The molecule has 3 rings (SSSR count). The summed E-state index contributed by atoms with van der Waals surface area (Å²) in [5, 5.41) is 3.62. The second kappa shape index (κ2) is 12.8. The first kappa shape index (κ1) is 28.3.